The molecule has 1 atom stereocenters. The van der Waals surface area contributed by atoms with Gasteiger partial charge in [0, 0.05) is 30.9 Å². The van der Waals surface area contributed by atoms with Gasteiger partial charge in [0.05, 0.1) is 25.1 Å². The highest BCUT2D eigenvalue weighted by molar-refractivity contribution is 7.99. The maximum atomic E-state index is 10.6. The largest absolute Gasteiger partial charge is 0.382 e. The zero-order valence-electron chi connectivity index (χ0n) is 14.4. The Morgan fingerprint density at radius 1 is 1.28 bits per heavy atom. The molecule has 1 unspecified atom stereocenters. The fourth-order valence-corrected chi connectivity index (χ4v) is 3.89. The highest BCUT2D eigenvalue weighted by Gasteiger charge is 2.17. The quantitative estimate of drug-likeness (QED) is 0.590. The SMILES string of the molecule is Cn1c(C(O)c2ccc(Cl)cc2)cnc1SCCCN1CCOCC1. The van der Waals surface area contributed by atoms with Gasteiger partial charge in [0.15, 0.2) is 5.16 Å². The molecule has 0 amide bonds. The number of rotatable bonds is 7. The lowest BCUT2D eigenvalue weighted by atomic mass is 10.1. The van der Waals surface area contributed by atoms with E-state index in [1.807, 2.05) is 23.7 Å². The van der Waals surface area contributed by atoms with Gasteiger partial charge in [-0.05, 0) is 30.7 Å². The predicted molar refractivity (Wildman–Crippen MR) is 101 cm³/mol. The van der Waals surface area contributed by atoms with Crippen LogP contribution in [0.15, 0.2) is 35.6 Å². The topological polar surface area (TPSA) is 50.5 Å². The summed E-state index contributed by atoms with van der Waals surface area (Å²) in [6.45, 7) is 4.85. The number of hydrogen-bond acceptors (Lipinski definition) is 5. The van der Waals surface area contributed by atoms with Crippen molar-refractivity contribution >= 4 is 23.4 Å². The number of aromatic nitrogens is 2. The summed E-state index contributed by atoms with van der Waals surface area (Å²) in [5.74, 6) is 1.01. The molecule has 1 fully saturated rings. The maximum absolute atomic E-state index is 10.6. The smallest absolute Gasteiger partial charge is 0.167 e. The fourth-order valence-electron chi connectivity index (χ4n) is 2.89. The lowest BCUT2D eigenvalue weighted by Crippen LogP contribution is -2.36. The zero-order chi connectivity index (χ0) is 17.6. The molecule has 3 rings (SSSR count). The van der Waals surface area contributed by atoms with Crippen LogP contribution in [0.25, 0.3) is 0 Å². The monoisotopic (exact) mass is 381 g/mol. The summed E-state index contributed by atoms with van der Waals surface area (Å²) in [4.78, 5) is 6.91. The van der Waals surface area contributed by atoms with Gasteiger partial charge in [-0.25, -0.2) is 4.98 Å². The van der Waals surface area contributed by atoms with Crippen molar-refractivity contribution in [3.05, 3.63) is 46.7 Å². The van der Waals surface area contributed by atoms with Gasteiger partial charge < -0.3 is 14.4 Å². The van der Waals surface area contributed by atoms with Gasteiger partial charge in [0.1, 0.15) is 6.10 Å². The molecule has 0 spiro atoms. The Morgan fingerprint density at radius 2 is 2.00 bits per heavy atom. The number of ether oxygens (including phenoxy) is 1. The molecule has 2 heterocycles. The molecule has 0 radical (unpaired) electrons. The Kier molecular flexibility index (Phi) is 6.78. The highest BCUT2D eigenvalue weighted by Crippen LogP contribution is 2.26. The third kappa shape index (κ3) is 4.99. The number of halogens is 1. The number of hydrogen-bond donors (Lipinski definition) is 1. The molecule has 1 aliphatic rings. The Bertz CT molecular complexity index is 671. The van der Waals surface area contributed by atoms with E-state index in [0.717, 1.165) is 61.4 Å². The van der Waals surface area contributed by atoms with Crippen LogP contribution in [0.3, 0.4) is 0 Å². The van der Waals surface area contributed by atoms with Crippen LogP contribution in [0.2, 0.25) is 5.02 Å². The summed E-state index contributed by atoms with van der Waals surface area (Å²) in [6.07, 6.45) is 2.17. The molecule has 1 aliphatic heterocycles. The summed E-state index contributed by atoms with van der Waals surface area (Å²) in [5.41, 5.74) is 1.61. The second-order valence-corrected chi connectivity index (χ2v) is 7.63. The number of benzene rings is 1. The predicted octanol–water partition coefficient (Wildman–Crippen LogP) is 2.97. The number of morpholine rings is 1. The molecule has 25 heavy (non-hydrogen) atoms. The molecule has 0 aliphatic carbocycles. The average Bonchev–Trinajstić information content (AvgIpc) is 3.00. The van der Waals surface area contributed by atoms with Crippen LogP contribution in [0.5, 0.6) is 0 Å². The van der Waals surface area contributed by atoms with Crippen LogP contribution < -0.4 is 0 Å². The van der Waals surface area contributed by atoms with Gasteiger partial charge in [-0.3, -0.25) is 4.90 Å². The number of nitrogens with zero attached hydrogens (tertiary/aromatic N) is 3. The van der Waals surface area contributed by atoms with Crippen molar-refractivity contribution in [3.63, 3.8) is 0 Å². The molecule has 0 saturated carbocycles. The normalized spacial score (nSPS) is 16.9. The number of imidazole rings is 1. The molecule has 1 N–H and O–H groups in total. The van der Waals surface area contributed by atoms with Crippen molar-refractivity contribution in [1.82, 2.24) is 14.5 Å². The first-order chi connectivity index (χ1) is 12.1. The van der Waals surface area contributed by atoms with Crippen molar-refractivity contribution in [2.24, 2.45) is 7.05 Å². The molecular weight excluding hydrogens is 358 g/mol. The van der Waals surface area contributed by atoms with Crippen molar-refractivity contribution in [1.29, 1.82) is 0 Å². The van der Waals surface area contributed by atoms with Crippen LogP contribution in [0.1, 0.15) is 23.8 Å². The second kappa shape index (κ2) is 9.05. The van der Waals surface area contributed by atoms with Crippen LogP contribution in [0, 0.1) is 0 Å². The Hall–Kier alpha value is -1.05. The lowest BCUT2D eigenvalue weighted by molar-refractivity contribution is 0.0381. The molecule has 2 aromatic rings. The number of thioether (sulfide) groups is 1. The Labute approximate surface area is 157 Å². The summed E-state index contributed by atoms with van der Waals surface area (Å²) in [5, 5.41) is 12.2. The molecule has 1 aromatic heterocycles. The van der Waals surface area contributed by atoms with Crippen LogP contribution in [-0.2, 0) is 11.8 Å². The minimum absolute atomic E-state index is 0.664. The summed E-state index contributed by atoms with van der Waals surface area (Å²) < 4.78 is 7.34. The first kappa shape index (κ1) is 18.7. The molecule has 1 saturated heterocycles. The first-order valence-corrected chi connectivity index (χ1v) is 9.89. The molecule has 136 valence electrons. The van der Waals surface area contributed by atoms with Crippen molar-refractivity contribution in [3.8, 4) is 0 Å². The molecule has 7 heteroatoms. The summed E-state index contributed by atoms with van der Waals surface area (Å²) in [7, 11) is 1.95. The van der Waals surface area contributed by atoms with Gasteiger partial charge >= 0.3 is 0 Å². The Balaban J connectivity index is 1.52. The van der Waals surface area contributed by atoms with Crippen LogP contribution in [0.4, 0.5) is 0 Å². The number of aliphatic hydroxyl groups excluding tert-OH is 1. The zero-order valence-corrected chi connectivity index (χ0v) is 16.0. The van der Waals surface area contributed by atoms with Gasteiger partial charge in [0.25, 0.3) is 0 Å². The minimum atomic E-state index is -0.697. The van der Waals surface area contributed by atoms with Crippen molar-refractivity contribution < 1.29 is 9.84 Å². The van der Waals surface area contributed by atoms with E-state index < -0.39 is 6.10 Å². The minimum Gasteiger partial charge on any atom is -0.382 e. The van der Waals surface area contributed by atoms with Crippen molar-refractivity contribution in [2.75, 3.05) is 38.6 Å². The van der Waals surface area contributed by atoms with E-state index in [4.69, 9.17) is 16.3 Å². The third-order valence-electron chi connectivity index (χ3n) is 4.40. The average molecular weight is 382 g/mol. The summed E-state index contributed by atoms with van der Waals surface area (Å²) >= 11 is 7.65. The lowest BCUT2D eigenvalue weighted by Gasteiger charge is -2.26. The third-order valence-corrected chi connectivity index (χ3v) is 5.78. The highest BCUT2D eigenvalue weighted by atomic mass is 35.5. The van der Waals surface area contributed by atoms with E-state index in [-0.39, 0.29) is 0 Å². The number of aliphatic hydroxyl groups is 1. The van der Waals surface area contributed by atoms with Gasteiger partial charge in [-0.1, -0.05) is 35.5 Å². The van der Waals surface area contributed by atoms with E-state index in [0.29, 0.717) is 5.02 Å². The second-order valence-electron chi connectivity index (χ2n) is 6.13. The molecule has 5 nitrogen and oxygen atoms in total. The van der Waals surface area contributed by atoms with E-state index in [9.17, 15) is 5.11 Å². The molecule has 1 aromatic carbocycles. The van der Waals surface area contributed by atoms with Crippen molar-refractivity contribution in [2.45, 2.75) is 17.7 Å². The van der Waals surface area contributed by atoms with Gasteiger partial charge in [0.2, 0.25) is 0 Å². The Morgan fingerprint density at radius 3 is 2.72 bits per heavy atom. The van der Waals surface area contributed by atoms with E-state index >= 15 is 0 Å². The van der Waals surface area contributed by atoms with E-state index in [1.54, 1.807) is 30.1 Å². The first-order valence-electron chi connectivity index (χ1n) is 8.53. The van der Waals surface area contributed by atoms with Gasteiger partial charge in [-0.2, -0.15) is 0 Å². The standard InChI is InChI=1S/C18H24ClN3O2S/c1-21-16(17(23)14-3-5-15(19)6-4-14)13-20-18(21)25-12-2-7-22-8-10-24-11-9-22/h3-6,13,17,23H,2,7-12H2,1H3. The van der Waals surface area contributed by atoms with Crippen LogP contribution >= 0.6 is 23.4 Å². The molecular formula is C18H24ClN3O2S. The van der Waals surface area contributed by atoms with Gasteiger partial charge in [-0.15, -0.1) is 0 Å². The maximum Gasteiger partial charge on any atom is 0.167 e. The molecule has 0 bridgehead atoms. The van der Waals surface area contributed by atoms with E-state index in [1.165, 1.54) is 0 Å². The fraction of sp³-hybridized carbons (Fsp3) is 0.500. The van der Waals surface area contributed by atoms with E-state index in [2.05, 4.69) is 9.88 Å². The summed E-state index contributed by atoms with van der Waals surface area (Å²) in [6, 6.07) is 7.26. The van der Waals surface area contributed by atoms with Crippen LogP contribution in [-0.4, -0.2) is 58.2 Å².